The van der Waals surface area contributed by atoms with Crippen LogP contribution in [0, 0.1) is 5.92 Å². The Morgan fingerprint density at radius 2 is 1.58 bits per heavy atom. The van der Waals surface area contributed by atoms with E-state index in [1.807, 2.05) is 6.92 Å². The number of rotatable bonds is 8. The predicted molar refractivity (Wildman–Crippen MR) is 162 cm³/mol. The molecule has 2 aliphatic rings. The van der Waals surface area contributed by atoms with Gasteiger partial charge >= 0.3 is 24.4 Å². The molecule has 0 spiro atoms. The minimum absolute atomic E-state index is 0.0943. The monoisotopic (exact) mass is 681 g/mol. The number of amides is 2. The van der Waals surface area contributed by atoms with Crippen molar-refractivity contribution in [3.63, 3.8) is 0 Å². The summed E-state index contributed by atoms with van der Waals surface area (Å²) in [5.41, 5.74) is -1.72. The lowest BCUT2D eigenvalue weighted by molar-refractivity contribution is -0.147. The van der Waals surface area contributed by atoms with Gasteiger partial charge < -0.3 is 19.9 Å². The van der Waals surface area contributed by atoms with Crippen LogP contribution < -0.4 is 10.2 Å². The van der Waals surface area contributed by atoms with Gasteiger partial charge in [0.25, 0.3) is 0 Å². The number of carbonyl (C=O) groups is 2. The number of nitrogens with one attached hydrogen (secondary N) is 1. The number of benzene rings is 1. The highest BCUT2D eigenvalue weighted by Gasteiger charge is 2.41. The van der Waals surface area contributed by atoms with Crippen LogP contribution >= 0.6 is 0 Å². The number of halogens is 6. The Morgan fingerprint density at radius 3 is 2.10 bits per heavy atom. The van der Waals surface area contributed by atoms with E-state index < -0.39 is 29.5 Å². The number of nitrogens with zero attached hydrogens (tertiary/aromatic N) is 6. The van der Waals surface area contributed by atoms with Gasteiger partial charge in [0.15, 0.2) is 0 Å². The maximum Gasteiger partial charge on any atom is 0.416 e. The van der Waals surface area contributed by atoms with Crippen LogP contribution in [0.1, 0.15) is 62.1 Å². The first kappa shape index (κ1) is 35.0. The van der Waals surface area contributed by atoms with Crippen LogP contribution in [0.3, 0.4) is 0 Å². The number of carbonyl (C=O) groups excluding carboxylic acids is 2. The number of aromatic nitrogens is 4. The third-order valence-electron chi connectivity index (χ3n) is 9.09. The first-order valence-electron chi connectivity index (χ1n) is 15.7. The molecule has 1 saturated heterocycles. The Morgan fingerprint density at radius 1 is 0.958 bits per heavy atom. The van der Waals surface area contributed by atoms with Gasteiger partial charge in [-0.3, -0.25) is 9.48 Å². The third kappa shape index (κ3) is 8.01. The topological polar surface area (TPSA) is 105 Å². The summed E-state index contributed by atoms with van der Waals surface area (Å²) in [4.78, 5) is 37.6. The van der Waals surface area contributed by atoms with Crippen molar-refractivity contribution in [2.75, 3.05) is 18.6 Å². The van der Waals surface area contributed by atoms with Crippen molar-refractivity contribution < 1.29 is 40.7 Å². The van der Waals surface area contributed by atoms with E-state index in [2.05, 4.69) is 20.4 Å². The zero-order chi connectivity index (χ0) is 34.8. The fraction of sp³-hybridized carbons (Fsp3) is 0.531. The first-order valence-corrected chi connectivity index (χ1v) is 15.7. The molecule has 0 bridgehead atoms. The fourth-order valence-electron chi connectivity index (χ4n) is 6.51. The Balaban J connectivity index is 1.42. The van der Waals surface area contributed by atoms with Gasteiger partial charge in [-0.2, -0.15) is 31.4 Å². The predicted octanol–water partition coefficient (Wildman–Crippen LogP) is 6.22. The molecule has 1 aliphatic heterocycles. The molecule has 10 nitrogen and oxygen atoms in total. The third-order valence-corrected chi connectivity index (χ3v) is 9.09. The van der Waals surface area contributed by atoms with Gasteiger partial charge in [0, 0.05) is 61.9 Å². The van der Waals surface area contributed by atoms with E-state index in [1.165, 1.54) is 19.5 Å². The van der Waals surface area contributed by atoms with Crippen LogP contribution in [-0.2, 0) is 35.5 Å². The second kappa shape index (κ2) is 14.0. The van der Waals surface area contributed by atoms with E-state index in [-0.39, 0.29) is 60.7 Å². The lowest BCUT2D eigenvalue weighted by Gasteiger charge is -2.32. The zero-order valence-electron chi connectivity index (χ0n) is 26.7. The number of hydrogen-bond acceptors (Lipinski definition) is 7. The largest absolute Gasteiger partial charge is 0.469 e. The summed E-state index contributed by atoms with van der Waals surface area (Å²) in [6.07, 6.45) is -0.322. The van der Waals surface area contributed by atoms with Gasteiger partial charge in [-0.05, 0) is 62.3 Å². The van der Waals surface area contributed by atoms with Crippen molar-refractivity contribution in [1.29, 1.82) is 0 Å². The molecule has 2 amide bonds. The maximum atomic E-state index is 13.7. The van der Waals surface area contributed by atoms with E-state index >= 15 is 0 Å². The minimum atomic E-state index is -5.01. The van der Waals surface area contributed by atoms with Crippen molar-refractivity contribution in [1.82, 2.24) is 30.0 Å². The molecule has 1 N–H and O–H groups in total. The van der Waals surface area contributed by atoms with E-state index in [9.17, 15) is 35.9 Å². The van der Waals surface area contributed by atoms with Gasteiger partial charge in [0.1, 0.15) is 0 Å². The van der Waals surface area contributed by atoms with Crippen molar-refractivity contribution >= 4 is 17.9 Å². The summed E-state index contributed by atoms with van der Waals surface area (Å²) < 4.78 is 88.8. The second-order valence-electron chi connectivity index (χ2n) is 12.3. The highest BCUT2D eigenvalue weighted by Crippen LogP contribution is 2.38. The van der Waals surface area contributed by atoms with Gasteiger partial charge in [0.2, 0.25) is 5.95 Å². The molecule has 16 heteroatoms. The van der Waals surface area contributed by atoms with Gasteiger partial charge in [-0.15, -0.1) is 0 Å². The number of ether oxygens (including phenoxy) is 1. The Bertz CT molecular complexity index is 1550. The number of alkyl halides is 6. The van der Waals surface area contributed by atoms with E-state index in [4.69, 9.17) is 4.74 Å². The number of aryl methyl sites for hydroxylation is 1. The lowest BCUT2D eigenvalue weighted by Crippen LogP contribution is -2.49. The average Bonchev–Trinajstić information content (AvgIpc) is 3.69. The summed E-state index contributed by atoms with van der Waals surface area (Å²) in [6.45, 7) is 1.68. The molecule has 260 valence electrons. The van der Waals surface area contributed by atoms with Gasteiger partial charge in [-0.1, -0.05) is 6.92 Å². The Hall–Kier alpha value is -4.37. The van der Waals surface area contributed by atoms with Crippen LogP contribution in [-0.4, -0.2) is 68.4 Å². The summed E-state index contributed by atoms with van der Waals surface area (Å²) in [5, 5.41) is 7.18. The number of urea groups is 1. The van der Waals surface area contributed by atoms with E-state index in [0.29, 0.717) is 56.2 Å². The molecular weight excluding hydrogens is 644 g/mol. The van der Waals surface area contributed by atoms with Crippen molar-refractivity contribution in [3.8, 4) is 11.1 Å². The van der Waals surface area contributed by atoms with Crippen LogP contribution in [0.2, 0.25) is 0 Å². The molecule has 1 saturated carbocycles. The van der Waals surface area contributed by atoms with Crippen molar-refractivity contribution in [3.05, 3.63) is 59.7 Å². The molecule has 2 atom stereocenters. The Kier molecular flexibility index (Phi) is 10.2. The summed E-state index contributed by atoms with van der Waals surface area (Å²) >= 11 is 0. The standard InChI is InChI=1S/C32H37F6N7O3/c1-4-26-12-27(18-45(26)30(47)42-25-7-5-20(6-8-25)28(46)48-3)44(29-39-13-21(14-40-29)22-15-41-43(2)17-22)16-19-9-23(31(33,34)35)11-24(10-19)32(36,37)38/h9-11,13-15,17,20,25-27H,4-8,12,16,18H2,1-3H3,(H,42,47)/t20?,25?,26-,27+/m1/s1. The number of likely N-dealkylation sites (tertiary alicyclic amines) is 1. The summed E-state index contributed by atoms with van der Waals surface area (Å²) in [7, 11) is 3.08. The molecule has 1 aliphatic carbocycles. The molecule has 2 fully saturated rings. The number of methoxy groups -OCH3 is 1. The maximum absolute atomic E-state index is 13.7. The lowest BCUT2D eigenvalue weighted by atomic mass is 9.86. The molecule has 3 aromatic rings. The minimum Gasteiger partial charge on any atom is -0.469 e. The molecule has 3 heterocycles. The molecule has 0 radical (unpaired) electrons. The zero-order valence-corrected chi connectivity index (χ0v) is 26.7. The normalized spacial score (nSPS) is 21.6. The SMILES string of the molecule is CC[C@@H]1C[C@H](N(Cc2cc(C(F)(F)F)cc(C(F)(F)F)c2)c2ncc(-c3cnn(C)c3)cn2)CN1C(=O)NC1CCC(C(=O)OC)CC1. The van der Waals surface area contributed by atoms with Crippen molar-refractivity contribution in [2.45, 2.75) is 82.5 Å². The molecule has 48 heavy (non-hydrogen) atoms. The quantitative estimate of drug-likeness (QED) is 0.223. The Labute approximate surface area is 273 Å². The molecule has 1 aromatic carbocycles. The molecule has 0 unspecified atom stereocenters. The first-order chi connectivity index (χ1) is 22.7. The summed E-state index contributed by atoms with van der Waals surface area (Å²) in [6, 6.07) is 0.244. The van der Waals surface area contributed by atoms with Crippen molar-refractivity contribution in [2.24, 2.45) is 13.0 Å². The number of hydrogen-bond donors (Lipinski definition) is 1. The molecular formula is C32H37F6N7O3. The van der Waals surface area contributed by atoms with Crippen LogP contribution in [0.15, 0.2) is 43.0 Å². The van der Waals surface area contributed by atoms with Crippen LogP contribution in [0.25, 0.3) is 11.1 Å². The highest BCUT2D eigenvalue weighted by molar-refractivity contribution is 5.76. The second-order valence-corrected chi connectivity index (χ2v) is 12.3. The number of esters is 1. The van der Waals surface area contributed by atoms with Crippen LogP contribution in [0.5, 0.6) is 0 Å². The highest BCUT2D eigenvalue weighted by atomic mass is 19.4. The fourth-order valence-corrected chi connectivity index (χ4v) is 6.51. The number of anilines is 1. The van der Waals surface area contributed by atoms with Crippen LogP contribution in [0.4, 0.5) is 37.1 Å². The van der Waals surface area contributed by atoms with Gasteiger partial charge in [-0.25, -0.2) is 14.8 Å². The van der Waals surface area contributed by atoms with E-state index in [1.54, 1.807) is 33.9 Å². The van der Waals surface area contributed by atoms with Gasteiger partial charge in [0.05, 0.1) is 36.4 Å². The van der Waals surface area contributed by atoms with E-state index in [0.717, 1.165) is 5.56 Å². The molecule has 5 rings (SSSR count). The smallest absolute Gasteiger partial charge is 0.416 e. The summed E-state index contributed by atoms with van der Waals surface area (Å²) in [5.74, 6) is -0.390. The molecule has 2 aromatic heterocycles. The average molecular weight is 682 g/mol.